The molecule has 0 aromatic heterocycles. The second-order valence-electron chi connectivity index (χ2n) is 6.05. The van der Waals surface area contributed by atoms with E-state index >= 15 is 0 Å². The number of amides is 1. The SMILES string of the molecule is COC(=O)c1ccccc1NCC(=O)N(C)C1(C#N)CCCCC1. The Morgan fingerprint density at radius 1 is 1.29 bits per heavy atom. The van der Waals surface area contributed by atoms with Crippen molar-refractivity contribution in [1.29, 1.82) is 5.26 Å². The molecule has 0 spiro atoms. The molecule has 1 N–H and O–H groups in total. The van der Waals surface area contributed by atoms with E-state index < -0.39 is 11.5 Å². The predicted octanol–water partition coefficient (Wildman–Crippen LogP) is 2.57. The number of carbonyl (C=O) groups is 2. The summed E-state index contributed by atoms with van der Waals surface area (Å²) in [5.41, 5.74) is 0.211. The van der Waals surface area contributed by atoms with E-state index in [9.17, 15) is 14.9 Å². The molecule has 0 aliphatic heterocycles. The molecule has 2 rings (SSSR count). The van der Waals surface area contributed by atoms with Gasteiger partial charge in [0.2, 0.25) is 5.91 Å². The number of para-hydroxylation sites is 1. The maximum Gasteiger partial charge on any atom is 0.339 e. The van der Waals surface area contributed by atoms with Crippen LogP contribution in [0.5, 0.6) is 0 Å². The normalized spacial score (nSPS) is 15.9. The Balaban J connectivity index is 2.06. The molecule has 1 aliphatic carbocycles. The van der Waals surface area contributed by atoms with Crippen LogP contribution in [0.25, 0.3) is 0 Å². The molecule has 6 heteroatoms. The Kier molecular flexibility index (Phi) is 5.80. The van der Waals surface area contributed by atoms with E-state index in [4.69, 9.17) is 4.74 Å². The number of likely N-dealkylation sites (N-methyl/N-ethyl adjacent to an activating group) is 1. The van der Waals surface area contributed by atoms with E-state index in [1.165, 1.54) is 7.11 Å². The van der Waals surface area contributed by atoms with E-state index in [2.05, 4.69) is 11.4 Å². The Bertz CT molecular complexity index is 645. The number of carbonyl (C=O) groups excluding carboxylic acids is 2. The van der Waals surface area contributed by atoms with E-state index in [0.717, 1.165) is 19.3 Å². The molecule has 24 heavy (non-hydrogen) atoms. The highest BCUT2D eigenvalue weighted by molar-refractivity contribution is 5.96. The van der Waals surface area contributed by atoms with Crippen molar-refractivity contribution in [2.24, 2.45) is 0 Å². The first-order valence-corrected chi connectivity index (χ1v) is 8.13. The zero-order valence-corrected chi connectivity index (χ0v) is 14.2. The van der Waals surface area contributed by atoms with Crippen molar-refractivity contribution in [3.05, 3.63) is 29.8 Å². The van der Waals surface area contributed by atoms with Gasteiger partial charge in [0.25, 0.3) is 0 Å². The molecule has 1 aliphatic rings. The van der Waals surface area contributed by atoms with Crippen molar-refractivity contribution in [3.63, 3.8) is 0 Å². The average molecular weight is 329 g/mol. The summed E-state index contributed by atoms with van der Waals surface area (Å²) in [4.78, 5) is 25.8. The molecule has 1 aromatic carbocycles. The van der Waals surface area contributed by atoms with Crippen molar-refractivity contribution in [3.8, 4) is 6.07 Å². The lowest BCUT2D eigenvalue weighted by atomic mass is 9.81. The van der Waals surface area contributed by atoms with Gasteiger partial charge < -0.3 is 15.0 Å². The third-order valence-electron chi connectivity index (χ3n) is 4.67. The van der Waals surface area contributed by atoms with Crippen LogP contribution in [0.3, 0.4) is 0 Å². The summed E-state index contributed by atoms with van der Waals surface area (Å²) < 4.78 is 4.74. The van der Waals surface area contributed by atoms with Gasteiger partial charge in [0.15, 0.2) is 0 Å². The highest BCUT2D eigenvalue weighted by Gasteiger charge is 2.38. The van der Waals surface area contributed by atoms with E-state index in [-0.39, 0.29) is 12.5 Å². The van der Waals surface area contributed by atoms with Crippen LogP contribution >= 0.6 is 0 Å². The van der Waals surface area contributed by atoms with Crippen LogP contribution in [-0.4, -0.2) is 43.0 Å². The molecule has 1 aromatic rings. The molecule has 1 amide bonds. The van der Waals surface area contributed by atoms with Crippen LogP contribution in [0.1, 0.15) is 42.5 Å². The Morgan fingerprint density at radius 2 is 1.96 bits per heavy atom. The predicted molar refractivity (Wildman–Crippen MR) is 90.5 cm³/mol. The maximum absolute atomic E-state index is 12.5. The topological polar surface area (TPSA) is 82.4 Å². The van der Waals surface area contributed by atoms with Crippen LogP contribution in [0.4, 0.5) is 5.69 Å². The van der Waals surface area contributed by atoms with Crippen molar-refractivity contribution < 1.29 is 14.3 Å². The molecule has 1 fully saturated rings. The molecule has 0 radical (unpaired) electrons. The zero-order chi connectivity index (χ0) is 17.6. The smallest absolute Gasteiger partial charge is 0.339 e. The number of methoxy groups -OCH3 is 1. The number of hydrogen-bond donors (Lipinski definition) is 1. The minimum Gasteiger partial charge on any atom is -0.465 e. The van der Waals surface area contributed by atoms with Gasteiger partial charge in [0.05, 0.1) is 25.3 Å². The number of benzene rings is 1. The third kappa shape index (κ3) is 3.67. The van der Waals surface area contributed by atoms with Gasteiger partial charge in [-0.05, 0) is 25.0 Å². The number of nitrogens with zero attached hydrogens (tertiary/aromatic N) is 2. The average Bonchev–Trinajstić information content (AvgIpc) is 2.65. The van der Waals surface area contributed by atoms with E-state index in [1.807, 2.05) is 0 Å². The minimum absolute atomic E-state index is 0.0218. The number of hydrogen-bond acceptors (Lipinski definition) is 5. The van der Waals surface area contributed by atoms with Gasteiger partial charge in [0, 0.05) is 12.7 Å². The van der Waals surface area contributed by atoms with Gasteiger partial charge in [0.1, 0.15) is 5.54 Å². The third-order valence-corrected chi connectivity index (χ3v) is 4.67. The van der Waals surface area contributed by atoms with Crippen molar-refractivity contribution in [1.82, 2.24) is 4.90 Å². The number of ether oxygens (including phenoxy) is 1. The monoisotopic (exact) mass is 329 g/mol. The summed E-state index contributed by atoms with van der Waals surface area (Å²) in [5.74, 6) is -0.627. The van der Waals surface area contributed by atoms with Gasteiger partial charge in [-0.3, -0.25) is 4.79 Å². The first kappa shape index (κ1) is 17.8. The molecule has 0 atom stereocenters. The molecule has 0 saturated heterocycles. The van der Waals surface area contributed by atoms with Gasteiger partial charge in [-0.15, -0.1) is 0 Å². The second-order valence-corrected chi connectivity index (χ2v) is 6.05. The van der Waals surface area contributed by atoms with Gasteiger partial charge in [-0.25, -0.2) is 4.79 Å². The summed E-state index contributed by atoms with van der Waals surface area (Å²) in [7, 11) is 3.00. The molecule has 1 saturated carbocycles. The zero-order valence-electron chi connectivity index (χ0n) is 14.2. The molecular formula is C18H23N3O3. The highest BCUT2D eigenvalue weighted by Crippen LogP contribution is 2.32. The van der Waals surface area contributed by atoms with Crippen LogP contribution < -0.4 is 5.32 Å². The quantitative estimate of drug-likeness (QED) is 0.840. The van der Waals surface area contributed by atoms with Crippen molar-refractivity contribution in [2.45, 2.75) is 37.6 Å². The Morgan fingerprint density at radius 3 is 2.58 bits per heavy atom. The molecule has 128 valence electrons. The molecule has 0 heterocycles. The molecular weight excluding hydrogens is 306 g/mol. The van der Waals surface area contributed by atoms with Crippen LogP contribution in [0.15, 0.2) is 24.3 Å². The summed E-state index contributed by atoms with van der Waals surface area (Å²) in [6, 6.07) is 9.21. The first-order valence-electron chi connectivity index (χ1n) is 8.13. The van der Waals surface area contributed by atoms with Crippen LogP contribution in [0, 0.1) is 11.3 Å². The standard InChI is InChI=1S/C18H23N3O3/c1-21(18(13-19)10-6-3-7-11-18)16(22)12-20-15-9-5-4-8-14(15)17(23)24-2/h4-5,8-9,20H,3,6-7,10-12H2,1-2H3. The van der Waals surface area contributed by atoms with E-state index in [1.54, 1.807) is 36.2 Å². The largest absolute Gasteiger partial charge is 0.465 e. The number of esters is 1. The highest BCUT2D eigenvalue weighted by atomic mass is 16.5. The van der Waals surface area contributed by atoms with Gasteiger partial charge in [-0.2, -0.15) is 5.26 Å². The van der Waals surface area contributed by atoms with Gasteiger partial charge in [-0.1, -0.05) is 31.4 Å². The summed E-state index contributed by atoms with van der Waals surface area (Å²) in [6.45, 7) is 0.0218. The minimum atomic E-state index is -0.709. The number of nitrogens with one attached hydrogen (secondary N) is 1. The first-order chi connectivity index (χ1) is 11.5. The fraction of sp³-hybridized carbons (Fsp3) is 0.500. The fourth-order valence-corrected chi connectivity index (χ4v) is 3.11. The number of anilines is 1. The lowest BCUT2D eigenvalue weighted by Crippen LogP contribution is -2.51. The molecule has 6 nitrogen and oxygen atoms in total. The summed E-state index contributed by atoms with van der Waals surface area (Å²) in [6.07, 6.45) is 4.46. The van der Waals surface area contributed by atoms with Crippen LogP contribution in [0.2, 0.25) is 0 Å². The van der Waals surface area contributed by atoms with Crippen molar-refractivity contribution >= 4 is 17.6 Å². The second kappa shape index (κ2) is 7.82. The maximum atomic E-state index is 12.5. The Hall–Kier alpha value is -2.55. The summed E-state index contributed by atoms with van der Waals surface area (Å²) in [5, 5.41) is 12.6. The van der Waals surface area contributed by atoms with Gasteiger partial charge >= 0.3 is 5.97 Å². The summed E-state index contributed by atoms with van der Waals surface area (Å²) >= 11 is 0. The Labute approximate surface area is 142 Å². The fourth-order valence-electron chi connectivity index (χ4n) is 3.11. The molecule has 0 unspecified atom stereocenters. The van der Waals surface area contributed by atoms with E-state index in [0.29, 0.717) is 24.1 Å². The lowest BCUT2D eigenvalue weighted by molar-refractivity contribution is -0.132. The van der Waals surface area contributed by atoms with Crippen molar-refractivity contribution in [2.75, 3.05) is 26.0 Å². The molecule has 0 bridgehead atoms. The number of rotatable bonds is 5. The van der Waals surface area contributed by atoms with Crippen LogP contribution in [-0.2, 0) is 9.53 Å². The number of nitriles is 1. The lowest BCUT2D eigenvalue weighted by Gasteiger charge is -2.39.